The van der Waals surface area contributed by atoms with E-state index in [-0.39, 0.29) is 0 Å². The first-order chi connectivity index (χ1) is 9.16. The van der Waals surface area contributed by atoms with Gasteiger partial charge in [0.15, 0.2) is 5.65 Å². The lowest BCUT2D eigenvalue weighted by Gasteiger charge is -2.06. The van der Waals surface area contributed by atoms with E-state index < -0.39 is 5.91 Å². The first-order valence-corrected chi connectivity index (χ1v) is 5.71. The number of rotatable bonds is 2. The van der Waals surface area contributed by atoms with Crippen molar-refractivity contribution in [1.82, 2.24) is 20.2 Å². The predicted octanol–water partition coefficient (Wildman–Crippen LogP) is 1.43. The molecule has 0 saturated carbocycles. The number of nitrogens with one attached hydrogen (secondary N) is 1. The van der Waals surface area contributed by atoms with Crippen LogP contribution in [0.15, 0.2) is 30.7 Å². The molecule has 0 aliphatic rings. The van der Waals surface area contributed by atoms with Crippen LogP contribution in [0.4, 0.5) is 0 Å². The van der Waals surface area contributed by atoms with Crippen molar-refractivity contribution < 1.29 is 4.79 Å². The van der Waals surface area contributed by atoms with Gasteiger partial charge in [0.2, 0.25) is 5.91 Å². The van der Waals surface area contributed by atoms with Gasteiger partial charge in [-0.2, -0.15) is 5.10 Å². The van der Waals surface area contributed by atoms with Gasteiger partial charge in [-0.25, -0.2) is 9.97 Å². The lowest BCUT2D eigenvalue weighted by atomic mass is 10.0. The summed E-state index contributed by atoms with van der Waals surface area (Å²) in [5.41, 5.74) is 8.99. The van der Waals surface area contributed by atoms with Gasteiger partial charge in [-0.15, -0.1) is 0 Å². The number of carbonyl (C=O) groups is 1. The molecule has 3 rings (SSSR count). The summed E-state index contributed by atoms with van der Waals surface area (Å²) < 4.78 is 0. The summed E-state index contributed by atoms with van der Waals surface area (Å²) in [7, 11) is 0. The standard InChI is InChI=1S/C13H11N5O/c1-7-4-8(2-3-9(7)12(14)19)11-10-5-17-18-13(10)16-6-15-11/h2-6H,1H3,(H2,14,19)(H,15,16,17,18). The van der Waals surface area contributed by atoms with Crippen LogP contribution in [0.3, 0.4) is 0 Å². The fourth-order valence-corrected chi connectivity index (χ4v) is 2.08. The third-order valence-corrected chi connectivity index (χ3v) is 3.01. The fraction of sp³-hybridized carbons (Fsp3) is 0.0769. The predicted molar refractivity (Wildman–Crippen MR) is 70.4 cm³/mol. The highest BCUT2D eigenvalue weighted by molar-refractivity contribution is 5.96. The second kappa shape index (κ2) is 4.16. The van der Waals surface area contributed by atoms with Gasteiger partial charge >= 0.3 is 0 Å². The Morgan fingerprint density at radius 2 is 2.16 bits per heavy atom. The molecule has 2 heterocycles. The summed E-state index contributed by atoms with van der Waals surface area (Å²) in [5, 5.41) is 7.59. The number of H-pyrrole nitrogens is 1. The van der Waals surface area contributed by atoms with Gasteiger partial charge in [-0.1, -0.05) is 6.07 Å². The van der Waals surface area contributed by atoms with Crippen LogP contribution in [0.5, 0.6) is 0 Å². The topological polar surface area (TPSA) is 97.6 Å². The van der Waals surface area contributed by atoms with E-state index in [1.165, 1.54) is 6.33 Å². The zero-order chi connectivity index (χ0) is 13.4. The quantitative estimate of drug-likeness (QED) is 0.721. The van der Waals surface area contributed by atoms with Gasteiger partial charge < -0.3 is 5.73 Å². The normalized spacial score (nSPS) is 10.8. The van der Waals surface area contributed by atoms with Crippen LogP contribution in [-0.2, 0) is 0 Å². The minimum atomic E-state index is -0.430. The highest BCUT2D eigenvalue weighted by Gasteiger charge is 2.10. The number of nitrogens with zero attached hydrogens (tertiary/aromatic N) is 3. The van der Waals surface area contributed by atoms with Crippen LogP contribution in [0, 0.1) is 6.92 Å². The first kappa shape index (κ1) is 11.3. The Labute approximate surface area is 108 Å². The molecule has 0 bridgehead atoms. The van der Waals surface area contributed by atoms with Crippen molar-refractivity contribution in [1.29, 1.82) is 0 Å². The van der Waals surface area contributed by atoms with E-state index in [0.29, 0.717) is 11.2 Å². The molecule has 0 atom stereocenters. The molecule has 0 aliphatic heterocycles. The highest BCUT2D eigenvalue weighted by Crippen LogP contribution is 2.25. The van der Waals surface area contributed by atoms with Gasteiger partial charge in [-0.05, 0) is 24.6 Å². The molecule has 0 saturated heterocycles. The second-order valence-corrected chi connectivity index (χ2v) is 4.25. The van der Waals surface area contributed by atoms with E-state index in [4.69, 9.17) is 5.73 Å². The maximum absolute atomic E-state index is 11.2. The molecule has 0 aliphatic carbocycles. The number of aromatic nitrogens is 4. The minimum absolute atomic E-state index is 0.430. The minimum Gasteiger partial charge on any atom is -0.366 e. The van der Waals surface area contributed by atoms with Crippen molar-refractivity contribution in [2.45, 2.75) is 6.92 Å². The number of aromatic amines is 1. The smallest absolute Gasteiger partial charge is 0.248 e. The number of benzene rings is 1. The number of primary amides is 1. The molecule has 6 nitrogen and oxygen atoms in total. The summed E-state index contributed by atoms with van der Waals surface area (Å²) in [4.78, 5) is 19.6. The van der Waals surface area contributed by atoms with Crippen LogP contribution in [-0.4, -0.2) is 26.1 Å². The summed E-state index contributed by atoms with van der Waals surface area (Å²) in [6.45, 7) is 1.84. The summed E-state index contributed by atoms with van der Waals surface area (Å²) in [6, 6.07) is 5.41. The molecule has 0 fully saturated rings. The van der Waals surface area contributed by atoms with Gasteiger partial charge in [0, 0.05) is 11.1 Å². The lowest BCUT2D eigenvalue weighted by molar-refractivity contribution is 0.1000. The Morgan fingerprint density at radius 1 is 1.32 bits per heavy atom. The Morgan fingerprint density at radius 3 is 2.89 bits per heavy atom. The molecule has 3 N–H and O–H groups in total. The third kappa shape index (κ3) is 1.83. The van der Waals surface area contributed by atoms with Crippen molar-refractivity contribution in [3.63, 3.8) is 0 Å². The Hall–Kier alpha value is -2.76. The zero-order valence-electron chi connectivity index (χ0n) is 10.2. The maximum atomic E-state index is 11.2. The molecule has 1 aromatic carbocycles. The summed E-state index contributed by atoms with van der Waals surface area (Å²) >= 11 is 0. The SMILES string of the molecule is Cc1cc(-c2ncnc3[nH]ncc23)ccc1C(N)=O. The molecule has 2 aromatic heterocycles. The van der Waals surface area contributed by atoms with Crippen LogP contribution < -0.4 is 5.73 Å². The van der Waals surface area contributed by atoms with Gasteiger partial charge in [0.05, 0.1) is 17.3 Å². The van der Waals surface area contributed by atoms with E-state index >= 15 is 0 Å². The number of fused-ring (bicyclic) bond motifs is 1. The third-order valence-electron chi connectivity index (χ3n) is 3.01. The average Bonchev–Trinajstić information content (AvgIpc) is 2.86. The van der Waals surface area contributed by atoms with Crippen LogP contribution in [0.2, 0.25) is 0 Å². The van der Waals surface area contributed by atoms with Crippen LogP contribution in [0.1, 0.15) is 15.9 Å². The summed E-state index contributed by atoms with van der Waals surface area (Å²) in [5.74, 6) is -0.430. The number of nitrogens with two attached hydrogens (primary N) is 1. The van der Waals surface area contributed by atoms with E-state index in [2.05, 4.69) is 20.2 Å². The monoisotopic (exact) mass is 253 g/mol. The van der Waals surface area contributed by atoms with Gasteiger partial charge in [-0.3, -0.25) is 9.89 Å². The molecular weight excluding hydrogens is 242 g/mol. The molecule has 6 heteroatoms. The number of amides is 1. The van der Waals surface area contributed by atoms with E-state index in [1.807, 2.05) is 19.1 Å². The average molecular weight is 253 g/mol. The number of hydrogen-bond acceptors (Lipinski definition) is 4. The van der Waals surface area contributed by atoms with E-state index in [0.717, 1.165) is 22.2 Å². The number of hydrogen-bond donors (Lipinski definition) is 2. The zero-order valence-corrected chi connectivity index (χ0v) is 10.2. The number of aryl methyl sites for hydroxylation is 1. The largest absolute Gasteiger partial charge is 0.366 e. The van der Waals surface area contributed by atoms with E-state index in [1.54, 1.807) is 12.3 Å². The van der Waals surface area contributed by atoms with Crippen molar-refractivity contribution in [2.24, 2.45) is 5.73 Å². The molecule has 94 valence electrons. The van der Waals surface area contributed by atoms with Gasteiger partial charge in [0.1, 0.15) is 6.33 Å². The molecule has 3 aromatic rings. The molecule has 0 radical (unpaired) electrons. The molecule has 19 heavy (non-hydrogen) atoms. The van der Waals surface area contributed by atoms with Crippen molar-refractivity contribution in [2.75, 3.05) is 0 Å². The second-order valence-electron chi connectivity index (χ2n) is 4.25. The Kier molecular flexibility index (Phi) is 2.49. The molecular formula is C13H11N5O. The molecule has 0 unspecified atom stereocenters. The number of carbonyl (C=O) groups excluding carboxylic acids is 1. The molecule has 0 spiro atoms. The highest BCUT2D eigenvalue weighted by atomic mass is 16.1. The lowest BCUT2D eigenvalue weighted by Crippen LogP contribution is -2.12. The summed E-state index contributed by atoms with van der Waals surface area (Å²) in [6.07, 6.45) is 3.16. The van der Waals surface area contributed by atoms with E-state index in [9.17, 15) is 4.79 Å². The van der Waals surface area contributed by atoms with Crippen molar-refractivity contribution >= 4 is 16.9 Å². The van der Waals surface area contributed by atoms with Gasteiger partial charge in [0.25, 0.3) is 0 Å². The van der Waals surface area contributed by atoms with Crippen LogP contribution >= 0.6 is 0 Å². The van der Waals surface area contributed by atoms with Crippen molar-refractivity contribution in [3.8, 4) is 11.3 Å². The Balaban J connectivity index is 2.19. The van der Waals surface area contributed by atoms with Crippen LogP contribution in [0.25, 0.3) is 22.3 Å². The molecule has 1 amide bonds. The first-order valence-electron chi connectivity index (χ1n) is 5.71. The fourth-order valence-electron chi connectivity index (χ4n) is 2.08. The van der Waals surface area contributed by atoms with Crippen molar-refractivity contribution in [3.05, 3.63) is 41.9 Å². The maximum Gasteiger partial charge on any atom is 0.248 e. The Bertz CT molecular complexity index is 778.